The van der Waals surface area contributed by atoms with Crippen LogP contribution in [0.5, 0.6) is 17.2 Å². The fraction of sp³-hybridized carbons (Fsp3) is 0.308. The van der Waals surface area contributed by atoms with Crippen molar-refractivity contribution in [2.24, 2.45) is 0 Å². The van der Waals surface area contributed by atoms with Gasteiger partial charge in [0.15, 0.2) is 0 Å². The first-order valence-electron chi connectivity index (χ1n) is 10.2. The van der Waals surface area contributed by atoms with Crippen molar-refractivity contribution in [3.05, 3.63) is 90.0 Å². The van der Waals surface area contributed by atoms with Gasteiger partial charge < -0.3 is 9.47 Å². The number of benzene rings is 3. The standard InChI is InChI=1S/C26H28F2O2/c1-25(2,21-14-16-23(17-15-21)30-26(3,27)28)18-8-10-20-9-7-13-24(19-20)29-22-11-5-4-6-12-22/h4-7,9,11-17,19H,8,10,18H2,1-3H3. The Bertz CT molecular complexity index is 929. The lowest BCUT2D eigenvalue weighted by Crippen LogP contribution is -2.20. The number of hydrogen-bond acceptors (Lipinski definition) is 2. The van der Waals surface area contributed by atoms with Gasteiger partial charge in [-0.2, -0.15) is 8.78 Å². The van der Waals surface area contributed by atoms with Crippen molar-refractivity contribution in [3.63, 3.8) is 0 Å². The number of alkyl halides is 2. The fourth-order valence-corrected chi connectivity index (χ4v) is 3.45. The zero-order chi connectivity index (χ0) is 21.6. The summed E-state index contributed by atoms with van der Waals surface area (Å²) in [5.74, 6) is 1.84. The Morgan fingerprint density at radius 3 is 2.07 bits per heavy atom. The summed E-state index contributed by atoms with van der Waals surface area (Å²) in [6.45, 7) is 5.09. The largest absolute Gasteiger partial charge is 0.457 e. The molecule has 4 heteroatoms. The molecule has 3 aromatic carbocycles. The summed E-state index contributed by atoms with van der Waals surface area (Å²) < 4.78 is 36.5. The minimum absolute atomic E-state index is 0.0641. The van der Waals surface area contributed by atoms with Gasteiger partial charge in [0, 0.05) is 6.92 Å². The predicted octanol–water partition coefficient (Wildman–Crippen LogP) is 7.77. The molecule has 3 rings (SSSR count). The van der Waals surface area contributed by atoms with E-state index < -0.39 is 6.11 Å². The van der Waals surface area contributed by atoms with Crippen LogP contribution in [0.2, 0.25) is 0 Å². The summed E-state index contributed by atoms with van der Waals surface area (Å²) in [5, 5.41) is 0. The molecule has 0 aliphatic heterocycles. The summed E-state index contributed by atoms with van der Waals surface area (Å²) in [6, 6.07) is 24.9. The molecule has 0 bridgehead atoms. The molecule has 0 radical (unpaired) electrons. The zero-order valence-electron chi connectivity index (χ0n) is 17.7. The van der Waals surface area contributed by atoms with E-state index >= 15 is 0 Å². The fourth-order valence-electron chi connectivity index (χ4n) is 3.45. The smallest absolute Gasteiger partial charge is 0.394 e. The third-order valence-corrected chi connectivity index (χ3v) is 5.08. The van der Waals surface area contributed by atoms with Gasteiger partial charge in [0.2, 0.25) is 0 Å². The van der Waals surface area contributed by atoms with Crippen molar-refractivity contribution in [3.8, 4) is 17.2 Å². The van der Waals surface area contributed by atoms with Crippen LogP contribution in [0.1, 0.15) is 44.7 Å². The lowest BCUT2D eigenvalue weighted by Gasteiger charge is -2.26. The van der Waals surface area contributed by atoms with Crippen LogP contribution in [0.3, 0.4) is 0 Å². The molecule has 0 fully saturated rings. The Morgan fingerprint density at radius 2 is 1.40 bits per heavy atom. The first kappa shape index (κ1) is 21.8. The van der Waals surface area contributed by atoms with Crippen LogP contribution in [-0.4, -0.2) is 6.11 Å². The number of aryl methyl sites for hydroxylation is 1. The van der Waals surface area contributed by atoms with Gasteiger partial charge in [-0.25, -0.2) is 0 Å². The highest BCUT2D eigenvalue weighted by Gasteiger charge is 2.24. The number of ether oxygens (including phenoxy) is 2. The van der Waals surface area contributed by atoms with Gasteiger partial charge in [-0.15, -0.1) is 0 Å². The van der Waals surface area contributed by atoms with Crippen LogP contribution in [-0.2, 0) is 11.8 Å². The van der Waals surface area contributed by atoms with Gasteiger partial charge >= 0.3 is 6.11 Å². The third-order valence-electron chi connectivity index (χ3n) is 5.08. The molecule has 30 heavy (non-hydrogen) atoms. The van der Waals surface area contributed by atoms with Gasteiger partial charge in [0.25, 0.3) is 0 Å². The molecule has 0 aromatic heterocycles. The van der Waals surface area contributed by atoms with E-state index in [1.807, 2.05) is 54.6 Å². The monoisotopic (exact) mass is 410 g/mol. The number of rotatable bonds is 9. The first-order valence-corrected chi connectivity index (χ1v) is 10.2. The molecule has 0 saturated heterocycles. The van der Waals surface area contributed by atoms with Gasteiger partial charge in [-0.1, -0.05) is 56.3 Å². The second-order valence-electron chi connectivity index (χ2n) is 8.23. The summed E-state index contributed by atoms with van der Waals surface area (Å²) in [7, 11) is 0. The molecule has 0 atom stereocenters. The molecule has 0 saturated carbocycles. The normalized spacial score (nSPS) is 11.9. The molecule has 2 nitrogen and oxygen atoms in total. The maximum Gasteiger partial charge on any atom is 0.394 e. The van der Waals surface area contributed by atoms with Crippen LogP contribution in [0.15, 0.2) is 78.9 Å². The highest BCUT2D eigenvalue weighted by Crippen LogP contribution is 2.32. The third kappa shape index (κ3) is 6.58. The van der Waals surface area contributed by atoms with Gasteiger partial charge in [-0.3, -0.25) is 0 Å². The lowest BCUT2D eigenvalue weighted by atomic mass is 9.80. The first-order chi connectivity index (χ1) is 14.2. The van der Waals surface area contributed by atoms with E-state index in [-0.39, 0.29) is 11.2 Å². The number of hydrogen-bond donors (Lipinski definition) is 0. The summed E-state index contributed by atoms with van der Waals surface area (Å²) in [5.41, 5.74) is 2.27. The Balaban J connectivity index is 1.55. The second kappa shape index (κ2) is 9.29. The molecule has 0 N–H and O–H groups in total. The van der Waals surface area contributed by atoms with Crippen molar-refractivity contribution >= 4 is 0 Å². The van der Waals surface area contributed by atoms with Crippen molar-refractivity contribution in [2.45, 2.75) is 51.6 Å². The molecule has 0 heterocycles. The van der Waals surface area contributed by atoms with Gasteiger partial charge in [0.05, 0.1) is 0 Å². The molecule has 0 aliphatic carbocycles. The molecular formula is C26H28F2O2. The lowest BCUT2D eigenvalue weighted by molar-refractivity contribution is -0.158. The van der Waals surface area contributed by atoms with Crippen LogP contribution in [0.25, 0.3) is 0 Å². The van der Waals surface area contributed by atoms with E-state index in [0.29, 0.717) is 0 Å². The summed E-state index contributed by atoms with van der Waals surface area (Å²) >= 11 is 0. The minimum atomic E-state index is -3.17. The SMILES string of the molecule is CC(F)(F)Oc1ccc(C(C)(C)CCCc2cccc(Oc3ccccc3)c2)cc1. The van der Waals surface area contributed by atoms with Crippen LogP contribution < -0.4 is 9.47 Å². The van der Waals surface area contributed by atoms with Crippen LogP contribution >= 0.6 is 0 Å². The van der Waals surface area contributed by atoms with E-state index in [4.69, 9.17) is 4.74 Å². The maximum absolute atomic E-state index is 13.0. The Hall–Kier alpha value is -2.88. The average Bonchev–Trinajstić information content (AvgIpc) is 2.68. The second-order valence-corrected chi connectivity index (χ2v) is 8.23. The van der Waals surface area contributed by atoms with Crippen LogP contribution in [0, 0.1) is 0 Å². The molecule has 0 spiro atoms. The van der Waals surface area contributed by atoms with Crippen LogP contribution in [0.4, 0.5) is 8.78 Å². The molecule has 0 aliphatic rings. The maximum atomic E-state index is 13.0. The van der Waals surface area contributed by atoms with Crippen molar-refractivity contribution in [1.29, 1.82) is 0 Å². The van der Waals surface area contributed by atoms with E-state index in [9.17, 15) is 8.78 Å². The van der Waals surface area contributed by atoms with Crippen molar-refractivity contribution in [2.75, 3.05) is 0 Å². The van der Waals surface area contributed by atoms with E-state index in [1.54, 1.807) is 12.1 Å². The molecule has 0 amide bonds. The average molecular weight is 411 g/mol. The number of halogens is 2. The number of para-hydroxylation sites is 1. The topological polar surface area (TPSA) is 18.5 Å². The van der Waals surface area contributed by atoms with Crippen molar-refractivity contribution in [1.82, 2.24) is 0 Å². The summed E-state index contributed by atoms with van der Waals surface area (Å²) in [4.78, 5) is 0. The Kier molecular flexibility index (Phi) is 6.76. The highest BCUT2D eigenvalue weighted by atomic mass is 19.3. The van der Waals surface area contributed by atoms with Gasteiger partial charge in [0.1, 0.15) is 17.2 Å². The molecule has 3 aromatic rings. The summed E-state index contributed by atoms with van der Waals surface area (Å²) in [6.07, 6.45) is -0.248. The molecule has 158 valence electrons. The quantitative estimate of drug-likeness (QED) is 0.359. The zero-order valence-corrected chi connectivity index (χ0v) is 17.7. The molecule has 0 unspecified atom stereocenters. The minimum Gasteiger partial charge on any atom is -0.457 e. The van der Waals surface area contributed by atoms with E-state index in [2.05, 4.69) is 30.7 Å². The van der Waals surface area contributed by atoms with E-state index in [0.717, 1.165) is 43.2 Å². The predicted molar refractivity (Wildman–Crippen MR) is 117 cm³/mol. The van der Waals surface area contributed by atoms with Gasteiger partial charge in [-0.05, 0) is 72.2 Å². The Morgan fingerprint density at radius 1 is 0.733 bits per heavy atom. The molecular weight excluding hydrogens is 382 g/mol. The Labute approximate surface area is 177 Å². The van der Waals surface area contributed by atoms with Crippen molar-refractivity contribution < 1.29 is 18.3 Å². The van der Waals surface area contributed by atoms with E-state index in [1.165, 1.54) is 5.56 Å². The highest BCUT2D eigenvalue weighted by molar-refractivity contribution is 5.34.